The molecule has 0 saturated carbocycles. The molecule has 0 amide bonds. The number of benzene rings is 1. The zero-order valence-electron chi connectivity index (χ0n) is 10.2. The van der Waals surface area contributed by atoms with Crippen LogP contribution in [0.1, 0.15) is 18.5 Å². The third-order valence-electron chi connectivity index (χ3n) is 2.36. The van der Waals surface area contributed by atoms with Crippen LogP contribution in [-0.4, -0.2) is 23.6 Å². The van der Waals surface area contributed by atoms with Crippen molar-refractivity contribution < 1.29 is 27.8 Å². The number of hydrogen-bond donors (Lipinski definition) is 2. The second-order valence-corrected chi connectivity index (χ2v) is 4.02. The Morgan fingerprint density at radius 3 is 2.60 bits per heavy atom. The summed E-state index contributed by atoms with van der Waals surface area (Å²) < 4.78 is 44.9. The van der Waals surface area contributed by atoms with Gasteiger partial charge in [-0.05, 0) is 19.1 Å². The van der Waals surface area contributed by atoms with Gasteiger partial charge in [0.15, 0.2) is 0 Å². The molecule has 9 heteroatoms. The quantitative estimate of drug-likeness (QED) is 0.831. The van der Waals surface area contributed by atoms with E-state index < -0.39 is 35.1 Å². The van der Waals surface area contributed by atoms with Crippen LogP contribution in [0.4, 0.5) is 13.2 Å². The Bertz CT molecular complexity index is 500. The Labute approximate surface area is 124 Å². The molecule has 0 aliphatic carbocycles. The maximum atomic E-state index is 13.7. The first-order valence-corrected chi connectivity index (χ1v) is 5.58. The molecule has 0 bridgehead atoms. The molecule has 0 fully saturated rings. The molecule has 0 spiro atoms. The van der Waals surface area contributed by atoms with E-state index in [0.717, 1.165) is 12.1 Å². The van der Waals surface area contributed by atoms with Gasteiger partial charge in [0.05, 0.1) is 17.2 Å². The Morgan fingerprint density at radius 2 is 2.10 bits per heavy atom. The average Bonchev–Trinajstić information content (AvgIpc) is 2.34. The van der Waals surface area contributed by atoms with Gasteiger partial charge in [-0.15, -0.1) is 12.4 Å². The van der Waals surface area contributed by atoms with Crippen molar-refractivity contribution in [3.63, 3.8) is 0 Å². The largest absolute Gasteiger partial charge is 0.506 e. The molecule has 1 aromatic carbocycles. The van der Waals surface area contributed by atoms with Crippen LogP contribution in [0.25, 0.3) is 0 Å². The van der Waals surface area contributed by atoms with E-state index in [1.807, 2.05) is 0 Å². The van der Waals surface area contributed by atoms with Crippen molar-refractivity contribution in [1.82, 2.24) is 0 Å². The molecule has 114 valence electrons. The molecule has 0 aliphatic rings. The molecule has 4 nitrogen and oxygen atoms in total. The van der Waals surface area contributed by atoms with Crippen molar-refractivity contribution in [2.45, 2.75) is 18.9 Å². The first-order chi connectivity index (χ1) is 8.73. The number of aromatic hydroxyl groups is 1. The summed E-state index contributed by atoms with van der Waals surface area (Å²) >= 11 is 5.49. The maximum absolute atomic E-state index is 13.7. The summed E-state index contributed by atoms with van der Waals surface area (Å²) in [7, 11) is 0. The molecule has 0 radical (unpaired) electrons. The van der Waals surface area contributed by atoms with Crippen molar-refractivity contribution in [2.24, 2.45) is 5.73 Å². The molecule has 1 atom stereocenters. The monoisotopic (exact) mass is 333 g/mol. The van der Waals surface area contributed by atoms with E-state index in [0.29, 0.717) is 0 Å². The molecule has 0 unspecified atom stereocenters. The lowest BCUT2D eigenvalue weighted by molar-refractivity contribution is -0.175. The molecule has 1 aromatic rings. The van der Waals surface area contributed by atoms with E-state index in [2.05, 4.69) is 4.74 Å². The number of phenolic OH excluding ortho intramolecular Hbond substituents is 1. The first kappa shape index (κ1) is 18.8. The molecular formula is C11H12Cl2F3NO3. The summed E-state index contributed by atoms with van der Waals surface area (Å²) in [4.78, 5) is 11.1. The van der Waals surface area contributed by atoms with Crippen molar-refractivity contribution in [2.75, 3.05) is 6.61 Å². The Hall–Kier alpha value is -1.18. The number of alkyl halides is 2. The van der Waals surface area contributed by atoms with Gasteiger partial charge in [-0.1, -0.05) is 11.6 Å². The number of carbonyl (C=O) groups is 1. The molecule has 0 aliphatic heterocycles. The van der Waals surface area contributed by atoms with Crippen LogP contribution < -0.4 is 5.73 Å². The zero-order valence-corrected chi connectivity index (χ0v) is 11.8. The minimum absolute atomic E-state index is 0. The summed E-state index contributed by atoms with van der Waals surface area (Å²) in [6.45, 7) is 1.04. The summed E-state index contributed by atoms with van der Waals surface area (Å²) in [6.07, 6.45) is 0. The summed E-state index contributed by atoms with van der Waals surface area (Å²) in [5.41, 5.74) is 4.23. The van der Waals surface area contributed by atoms with Gasteiger partial charge in [0.2, 0.25) is 0 Å². The zero-order chi connectivity index (χ0) is 14.8. The van der Waals surface area contributed by atoms with Gasteiger partial charge in [-0.2, -0.15) is 8.78 Å². The van der Waals surface area contributed by atoms with Gasteiger partial charge >= 0.3 is 11.9 Å². The lowest BCUT2D eigenvalue weighted by Crippen LogP contribution is -2.42. The normalized spacial score (nSPS) is 12.5. The molecule has 0 aromatic heterocycles. The van der Waals surface area contributed by atoms with Gasteiger partial charge in [-0.25, -0.2) is 9.18 Å². The molecule has 0 heterocycles. The van der Waals surface area contributed by atoms with Crippen LogP contribution in [0.15, 0.2) is 12.1 Å². The van der Waals surface area contributed by atoms with Gasteiger partial charge in [0.25, 0.3) is 0 Å². The third-order valence-corrected chi connectivity index (χ3v) is 2.67. The molecule has 3 N–H and O–H groups in total. The van der Waals surface area contributed by atoms with Crippen molar-refractivity contribution in [1.29, 1.82) is 0 Å². The SMILES string of the molecule is CCOC(=O)C(F)(F)[C@H](N)c1c(F)ccc(Cl)c1O.Cl. The van der Waals surface area contributed by atoms with E-state index in [1.165, 1.54) is 6.92 Å². The van der Waals surface area contributed by atoms with E-state index in [9.17, 15) is 23.1 Å². The number of hydrogen-bond acceptors (Lipinski definition) is 4. The van der Waals surface area contributed by atoms with Crippen LogP contribution in [0.2, 0.25) is 5.02 Å². The van der Waals surface area contributed by atoms with E-state index in [1.54, 1.807) is 0 Å². The molecule has 20 heavy (non-hydrogen) atoms. The van der Waals surface area contributed by atoms with Crippen LogP contribution in [0.5, 0.6) is 5.75 Å². The standard InChI is InChI=1S/C11H11ClF3NO3.ClH/c1-2-19-10(18)11(14,15)9(16)7-6(13)4-3-5(12)8(7)17;/h3-4,9,17H,2,16H2,1H3;1H/t9-;/m1./s1. The second kappa shape index (κ2) is 7.01. The lowest BCUT2D eigenvalue weighted by atomic mass is 9.99. The van der Waals surface area contributed by atoms with Gasteiger partial charge in [0.1, 0.15) is 17.6 Å². The van der Waals surface area contributed by atoms with Crippen LogP contribution in [-0.2, 0) is 9.53 Å². The predicted octanol–water partition coefficient (Wildman–Crippen LogP) is 2.80. The highest BCUT2D eigenvalue weighted by atomic mass is 35.5. The number of phenols is 1. The predicted molar refractivity (Wildman–Crippen MR) is 68.8 cm³/mol. The fraction of sp³-hybridized carbons (Fsp3) is 0.364. The number of esters is 1. The summed E-state index contributed by atoms with van der Waals surface area (Å²) in [5, 5.41) is 9.13. The highest BCUT2D eigenvalue weighted by Gasteiger charge is 2.49. The molecule has 0 saturated heterocycles. The summed E-state index contributed by atoms with van der Waals surface area (Å²) in [5.74, 6) is -8.23. The average molecular weight is 334 g/mol. The highest BCUT2D eigenvalue weighted by molar-refractivity contribution is 6.32. The fourth-order valence-electron chi connectivity index (χ4n) is 1.39. The molecular weight excluding hydrogens is 322 g/mol. The fourth-order valence-corrected chi connectivity index (χ4v) is 1.55. The highest BCUT2D eigenvalue weighted by Crippen LogP contribution is 2.39. The lowest BCUT2D eigenvalue weighted by Gasteiger charge is -2.23. The Morgan fingerprint density at radius 1 is 1.55 bits per heavy atom. The molecule has 1 rings (SSSR count). The maximum Gasteiger partial charge on any atom is 0.379 e. The summed E-state index contributed by atoms with van der Waals surface area (Å²) in [6, 6.07) is -0.672. The number of halogens is 5. The van der Waals surface area contributed by atoms with E-state index in [4.69, 9.17) is 17.3 Å². The van der Waals surface area contributed by atoms with Crippen molar-refractivity contribution in [3.05, 3.63) is 28.5 Å². The minimum atomic E-state index is -4.20. The number of carbonyl (C=O) groups excluding carboxylic acids is 1. The van der Waals surface area contributed by atoms with Gasteiger partial charge < -0.3 is 15.6 Å². The topological polar surface area (TPSA) is 72.5 Å². The van der Waals surface area contributed by atoms with Crippen LogP contribution in [0.3, 0.4) is 0 Å². The third kappa shape index (κ3) is 3.47. The second-order valence-electron chi connectivity index (χ2n) is 3.61. The van der Waals surface area contributed by atoms with Crippen LogP contribution in [0, 0.1) is 5.82 Å². The van der Waals surface area contributed by atoms with Gasteiger partial charge in [-0.3, -0.25) is 0 Å². The van der Waals surface area contributed by atoms with E-state index in [-0.39, 0.29) is 24.0 Å². The smallest absolute Gasteiger partial charge is 0.379 e. The van der Waals surface area contributed by atoms with Crippen LogP contribution >= 0.6 is 24.0 Å². The number of rotatable bonds is 4. The minimum Gasteiger partial charge on any atom is -0.506 e. The van der Waals surface area contributed by atoms with Crippen molar-refractivity contribution in [3.8, 4) is 5.75 Å². The van der Waals surface area contributed by atoms with Gasteiger partial charge in [0, 0.05) is 0 Å². The van der Waals surface area contributed by atoms with Crippen molar-refractivity contribution >= 4 is 30.0 Å². The number of ether oxygens (including phenoxy) is 1. The number of nitrogens with two attached hydrogens (primary N) is 1. The Kier molecular flexibility index (Phi) is 6.60. The van der Waals surface area contributed by atoms with E-state index >= 15 is 0 Å². The Balaban J connectivity index is 0.00000361. The first-order valence-electron chi connectivity index (χ1n) is 5.20.